The molecule has 0 aromatic heterocycles. The van der Waals surface area contributed by atoms with Gasteiger partial charge >= 0.3 is 18.1 Å². The molecule has 1 aliphatic heterocycles. The second-order valence-electron chi connectivity index (χ2n) is 7.04. The Morgan fingerprint density at radius 2 is 1.69 bits per heavy atom. The molecule has 1 aliphatic rings. The Morgan fingerprint density at radius 3 is 2.31 bits per heavy atom. The Kier molecular flexibility index (Phi) is 12.7. The van der Waals surface area contributed by atoms with Crippen molar-refractivity contribution >= 4 is 18.1 Å². The SMILES string of the molecule is O=C(O)CCOC(=O)O[C@H]1CCCCCCCCC[C@@H](CO)OC(=O)/C=C/[C@H]1O. The first-order valence-corrected chi connectivity index (χ1v) is 10.1. The Balaban J connectivity index is 2.69. The smallest absolute Gasteiger partial charge is 0.481 e. The van der Waals surface area contributed by atoms with E-state index in [9.17, 15) is 24.6 Å². The average molecular weight is 416 g/mol. The number of carboxylic acid groups (broad SMARTS) is 1. The number of hydrogen-bond donors (Lipinski definition) is 3. The number of carboxylic acids is 1. The highest BCUT2D eigenvalue weighted by atomic mass is 16.7. The van der Waals surface area contributed by atoms with Gasteiger partial charge in [-0.25, -0.2) is 9.59 Å². The van der Waals surface area contributed by atoms with E-state index in [1.807, 2.05) is 0 Å². The van der Waals surface area contributed by atoms with E-state index in [2.05, 4.69) is 0 Å². The van der Waals surface area contributed by atoms with Crippen LogP contribution < -0.4 is 0 Å². The first-order valence-electron chi connectivity index (χ1n) is 10.1. The van der Waals surface area contributed by atoms with Gasteiger partial charge in [0.15, 0.2) is 0 Å². The number of carbonyl (C=O) groups excluding carboxylic acids is 2. The number of aliphatic hydroxyl groups is 2. The lowest BCUT2D eigenvalue weighted by Crippen LogP contribution is -2.31. The molecule has 0 unspecified atom stereocenters. The fourth-order valence-electron chi connectivity index (χ4n) is 2.97. The molecular weight excluding hydrogens is 384 g/mol. The van der Waals surface area contributed by atoms with Crippen molar-refractivity contribution in [3.05, 3.63) is 12.2 Å². The van der Waals surface area contributed by atoms with E-state index < -0.39 is 36.4 Å². The number of aliphatic carboxylic acids is 1. The largest absolute Gasteiger partial charge is 0.508 e. The van der Waals surface area contributed by atoms with Crippen LogP contribution in [0.4, 0.5) is 4.79 Å². The van der Waals surface area contributed by atoms with Gasteiger partial charge in [0.25, 0.3) is 0 Å². The number of aliphatic hydroxyl groups excluding tert-OH is 2. The lowest BCUT2D eigenvalue weighted by Gasteiger charge is -2.21. The highest BCUT2D eigenvalue weighted by Gasteiger charge is 2.23. The summed E-state index contributed by atoms with van der Waals surface area (Å²) in [6, 6.07) is 0. The van der Waals surface area contributed by atoms with Crippen molar-refractivity contribution in [1.29, 1.82) is 0 Å². The van der Waals surface area contributed by atoms with Crippen LogP contribution >= 0.6 is 0 Å². The summed E-state index contributed by atoms with van der Waals surface area (Å²) in [5, 5.41) is 28.2. The van der Waals surface area contributed by atoms with Crippen LogP contribution in [0.5, 0.6) is 0 Å². The molecule has 0 radical (unpaired) electrons. The molecular formula is C20H32O9. The lowest BCUT2D eigenvalue weighted by molar-refractivity contribution is -0.145. The fourth-order valence-corrected chi connectivity index (χ4v) is 2.97. The minimum absolute atomic E-state index is 0.268. The zero-order chi connectivity index (χ0) is 21.5. The van der Waals surface area contributed by atoms with E-state index >= 15 is 0 Å². The second kappa shape index (κ2) is 14.8. The molecule has 0 aromatic rings. The van der Waals surface area contributed by atoms with Crippen molar-refractivity contribution in [3.8, 4) is 0 Å². The summed E-state index contributed by atoms with van der Waals surface area (Å²) in [6.07, 6.45) is 5.58. The third kappa shape index (κ3) is 12.1. The molecule has 166 valence electrons. The van der Waals surface area contributed by atoms with Crippen LogP contribution in [0.2, 0.25) is 0 Å². The third-order valence-corrected chi connectivity index (χ3v) is 4.60. The molecule has 0 fully saturated rings. The predicted octanol–water partition coefficient (Wildman–Crippen LogP) is 2.33. The maximum Gasteiger partial charge on any atom is 0.508 e. The van der Waals surface area contributed by atoms with Gasteiger partial charge in [-0.05, 0) is 31.8 Å². The first kappa shape index (κ1) is 24.9. The van der Waals surface area contributed by atoms with Crippen molar-refractivity contribution in [3.63, 3.8) is 0 Å². The Hall–Kier alpha value is -2.13. The second-order valence-corrected chi connectivity index (χ2v) is 7.04. The molecule has 0 saturated carbocycles. The van der Waals surface area contributed by atoms with Crippen LogP contribution in [-0.4, -0.2) is 64.9 Å². The van der Waals surface area contributed by atoms with Gasteiger partial charge in [0.2, 0.25) is 0 Å². The maximum absolute atomic E-state index is 11.9. The summed E-state index contributed by atoms with van der Waals surface area (Å²) in [5.74, 6) is -1.80. The van der Waals surface area contributed by atoms with E-state index in [1.165, 1.54) is 6.08 Å². The molecule has 9 nitrogen and oxygen atoms in total. The van der Waals surface area contributed by atoms with Gasteiger partial charge < -0.3 is 29.5 Å². The van der Waals surface area contributed by atoms with E-state index in [0.29, 0.717) is 12.8 Å². The minimum Gasteiger partial charge on any atom is -0.481 e. The summed E-state index contributed by atoms with van der Waals surface area (Å²) in [6.45, 7) is -0.599. The fraction of sp³-hybridized carbons (Fsp3) is 0.750. The van der Waals surface area contributed by atoms with Crippen LogP contribution in [0.1, 0.15) is 64.2 Å². The summed E-state index contributed by atoms with van der Waals surface area (Å²) >= 11 is 0. The minimum atomic E-state index is -1.25. The van der Waals surface area contributed by atoms with Crippen LogP contribution in [0.15, 0.2) is 12.2 Å². The normalized spacial score (nSPS) is 26.1. The van der Waals surface area contributed by atoms with Gasteiger partial charge in [-0.3, -0.25) is 4.79 Å². The van der Waals surface area contributed by atoms with Crippen LogP contribution in [0.3, 0.4) is 0 Å². The van der Waals surface area contributed by atoms with Gasteiger partial charge in [0, 0.05) is 6.08 Å². The summed E-state index contributed by atoms with van der Waals surface area (Å²) < 4.78 is 15.0. The predicted molar refractivity (Wildman–Crippen MR) is 102 cm³/mol. The molecule has 0 aliphatic carbocycles. The third-order valence-electron chi connectivity index (χ3n) is 4.60. The Labute approximate surface area is 170 Å². The van der Waals surface area contributed by atoms with Gasteiger partial charge in [0.05, 0.1) is 13.0 Å². The highest BCUT2D eigenvalue weighted by molar-refractivity contribution is 5.82. The van der Waals surface area contributed by atoms with Crippen molar-refractivity contribution in [1.82, 2.24) is 0 Å². The monoisotopic (exact) mass is 416 g/mol. The lowest BCUT2D eigenvalue weighted by atomic mass is 10.0. The van der Waals surface area contributed by atoms with E-state index in [0.717, 1.165) is 51.0 Å². The number of carbonyl (C=O) groups is 3. The number of rotatable bonds is 5. The summed E-state index contributed by atoms with van der Waals surface area (Å²) in [4.78, 5) is 34.1. The molecule has 0 aromatic carbocycles. The quantitative estimate of drug-likeness (QED) is 0.576. The van der Waals surface area contributed by atoms with Gasteiger partial charge in [-0.2, -0.15) is 0 Å². The van der Waals surface area contributed by atoms with Crippen LogP contribution in [0.25, 0.3) is 0 Å². The Morgan fingerprint density at radius 1 is 1.07 bits per heavy atom. The van der Waals surface area contributed by atoms with E-state index in [-0.39, 0.29) is 19.6 Å². The van der Waals surface area contributed by atoms with Crippen molar-refractivity contribution in [2.75, 3.05) is 13.2 Å². The average Bonchev–Trinajstić information content (AvgIpc) is 2.67. The molecule has 3 atom stereocenters. The molecule has 9 heteroatoms. The van der Waals surface area contributed by atoms with Gasteiger partial charge in [-0.1, -0.05) is 32.1 Å². The van der Waals surface area contributed by atoms with Gasteiger partial charge in [-0.15, -0.1) is 0 Å². The molecule has 0 spiro atoms. The molecule has 0 amide bonds. The zero-order valence-corrected chi connectivity index (χ0v) is 16.7. The van der Waals surface area contributed by atoms with E-state index in [4.69, 9.17) is 19.3 Å². The molecule has 0 saturated heterocycles. The Bertz CT molecular complexity index is 532. The van der Waals surface area contributed by atoms with Gasteiger partial charge in [0.1, 0.15) is 24.9 Å². The first-order chi connectivity index (χ1) is 13.9. The standard InChI is InChI=1S/C20H32O9/c21-14-15-8-6-4-2-1-3-5-7-9-17(16(22)10-11-19(25)28-15)29-20(26)27-13-12-18(23)24/h10-11,15-17,21-22H,1-9,12-14H2,(H,23,24)/b11-10+/t15-,16+,17-/m0/s1. The van der Waals surface area contributed by atoms with Crippen LogP contribution in [0, 0.1) is 0 Å². The van der Waals surface area contributed by atoms with E-state index in [1.54, 1.807) is 0 Å². The maximum atomic E-state index is 11.9. The molecule has 1 heterocycles. The van der Waals surface area contributed by atoms with Crippen molar-refractivity contribution < 1.29 is 43.9 Å². The van der Waals surface area contributed by atoms with Crippen LogP contribution in [-0.2, 0) is 23.8 Å². The molecule has 29 heavy (non-hydrogen) atoms. The number of esters is 1. The number of ether oxygens (including phenoxy) is 3. The number of cyclic esters (lactones) is 1. The highest BCUT2D eigenvalue weighted by Crippen LogP contribution is 2.17. The zero-order valence-electron chi connectivity index (χ0n) is 16.7. The van der Waals surface area contributed by atoms with Crippen molar-refractivity contribution in [2.24, 2.45) is 0 Å². The van der Waals surface area contributed by atoms with Crippen molar-refractivity contribution in [2.45, 2.75) is 82.5 Å². The molecule has 1 rings (SSSR count). The molecule has 0 bridgehead atoms. The number of hydrogen-bond acceptors (Lipinski definition) is 8. The summed E-state index contributed by atoms with van der Waals surface area (Å²) in [7, 11) is 0. The molecule has 3 N–H and O–H groups in total. The summed E-state index contributed by atoms with van der Waals surface area (Å²) in [5.41, 5.74) is 0. The topological polar surface area (TPSA) is 140 Å².